The molecule has 0 saturated heterocycles. The van der Waals surface area contributed by atoms with Crippen LogP contribution in [0.15, 0.2) is 47.1 Å². The van der Waals surface area contributed by atoms with Crippen molar-refractivity contribution in [1.29, 1.82) is 0 Å². The van der Waals surface area contributed by atoms with Crippen LogP contribution in [0.3, 0.4) is 0 Å². The van der Waals surface area contributed by atoms with Gasteiger partial charge in [-0.25, -0.2) is 0 Å². The molecule has 0 radical (unpaired) electrons. The Hall–Kier alpha value is -1.54. The fourth-order valence-electron chi connectivity index (χ4n) is 1.67. The van der Waals surface area contributed by atoms with E-state index >= 15 is 0 Å². The van der Waals surface area contributed by atoms with Crippen LogP contribution >= 0.6 is 12.4 Å². The van der Waals surface area contributed by atoms with Gasteiger partial charge in [-0.1, -0.05) is 45.0 Å². The third-order valence-electron chi connectivity index (χ3n) is 2.76. The highest BCUT2D eigenvalue weighted by Crippen LogP contribution is 2.22. The normalized spacial score (nSPS) is 10.8. The van der Waals surface area contributed by atoms with E-state index < -0.39 is 0 Å². The number of ketones is 1. The molecule has 2 aromatic rings. The first-order valence-electron chi connectivity index (χ1n) is 5.67. The summed E-state index contributed by atoms with van der Waals surface area (Å²) in [5.41, 5.74) is 1.98. The summed E-state index contributed by atoms with van der Waals surface area (Å²) in [7, 11) is 0. The molecule has 1 aromatic carbocycles. The second kappa shape index (κ2) is 5.40. The number of benzene rings is 1. The summed E-state index contributed by atoms with van der Waals surface area (Å²) < 4.78 is 5.10. The van der Waals surface area contributed by atoms with Crippen molar-refractivity contribution in [3.63, 3.8) is 0 Å². The van der Waals surface area contributed by atoms with E-state index in [2.05, 4.69) is 20.8 Å². The number of carbonyl (C=O) groups is 1. The van der Waals surface area contributed by atoms with Gasteiger partial charge < -0.3 is 4.42 Å². The van der Waals surface area contributed by atoms with E-state index in [1.807, 2.05) is 24.3 Å². The number of hydrogen-bond acceptors (Lipinski definition) is 2. The predicted molar refractivity (Wildman–Crippen MR) is 74.5 cm³/mol. The first-order valence-corrected chi connectivity index (χ1v) is 5.67. The average Bonchev–Trinajstić information content (AvgIpc) is 2.80. The van der Waals surface area contributed by atoms with Gasteiger partial charge in [0, 0.05) is 5.56 Å². The topological polar surface area (TPSA) is 30.2 Å². The fraction of sp³-hybridized carbons (Fsp3) is 0.267. The van der Waals surface area contributed by atoms with Crippen LogP contribution in [-0.4, -0.2) is 5.78 Å². The van der Waals surface area contributed by atoms with Gasteiger partial charge in [0.1, 0.15) is 0 Å². The minimum Gasteiger partial charge on any atom is -0.461 e. The standard InChI is InChI=1S/C15H16O2.ClH/c1-15(2,3)12-8-6-11(7-9-12)14(16)13-5-4-10-17-13;/h4-10H,1-3H3;1H. The molecule has 0 N–H and O–H groups in total. The zero-order valence-electron chi connectivity index (χ0n) is 10.8. The maximum Gasteiger partial charge on any atom is 0.228 e. The van der Waals surface area contributed by atoms with Crippen LogP contribution in [0.4, 0.5) is 0 Å². The van der Waals surface area contributed by atoms with Gasteiger partial charge >= 0.3 is 0 Å². The molecule has 1 aromatic heterocycles. The zero-order chi connectivity index (χ0) is 12.5. The van der Waals surface area contributed by atoms with Crippen LogP contribution in [0, 0.1) is 0 Å². The minimum atomic E-state index is -0.0736. The lowest BCUT2D eigenvalue weighted by Crippen LogP contribution is -2.11. The highest BCUT2D eigenvalue weighted by Gasteiger charge is 2.15. The molecule has 0 aliphatic heterocycles. The monoisotopic (exact) mass is 264 g/mol. The minimum absolute atomic E-state index is 0. The molecule has 0 aliphatic rings. The largest absolute Gasteiger partial charge is 0.461 e. The van der Waals surface area contributed by atoms with Crippen molar-refractivity contribution >= 4 is 18.2 Å². The van der Waals surface area contributed by atoms with Crippen molar-refractivity contribution in [3.8, 4) is 0 Å². The quantitative estimate of drug-likeness (QED) is 0.760. The Morgan fingerprint density at radius 1 is 1.06 bits per heavy atom. The Morgan fingerprint density at radius 3 is 2.11 bits per heavy atom. The molecule has 0 bridgehead atoms. The fourth-order valence-corrected chi connectivity index (χ4v) is 1.67. The molecule has 0 spiro atoms. The maximum atomic E-state index is 12.0. The molecular weight excluding hydrogens is 248 g/mol. The number of carbonyl (C=O) groups excluding carboxylic acids is 1. The predicted octanol–water partition coefficient (Wildman–Crippen LogP) is 4.23. The van der Waals surface area contributed by atoms with E-state index in [-0.39, 0.29) is 23.6 Å². The van der Waals surface area contributed by atoms with Gasteiger partial charge in [-0.05, 0) is 23.1 Å². The van der Waals surface area contributed by atoms with Gasteiger partial charge in [-0.3, -0.25) is 4.79 Å². The summed E-state index contributed by atoms with van der Waals surface area (Å²) in [5, 5.41) is 0. The molecule has 0 saturated carbocycles. The third kappa shape index (κ3) is 3.02. The average molecular weight is 265 g/mol. The molecule has 0 aliphatic carbocycles. The van der Waals surface area contributed by atoms with Gasteiger partial charge in [0.05, 0.1) is 6.26 Å². The van der Waals surface area contributed by atoms with Crippen molar-refractivity contribution in [2.24, 2.45) is 0 Å². The zero-order valence-corrected chi connectivity index (χ0v) is 11.6. The first kappa shape index (κ1) is 14.5. The van der Waals surface area contributed by atoms with E-state index in [1.165, 1.54) is 11.8 Å². The van der Waals surface area contributed by atoms with E-state index in [4.69, 9.17) is 4.42 Å². The van der Waals surface area contributed by atoms with E-state index in [9.17, 15) is 4.79 Å². The lowest BCUT2D eigenvalue weighted by atomic mass is 9.86. The summed E-state index contributed by atoms with van der Waals surface area (Å²) in [6.45, 7) is 6.45. The number of halogens is 1. The molecule has 2 nitrogen and oxygen atoms in total. The van der Waals surface area contributed by atoms with Gasteiger partial charge in [0.25, 0.3) is 0 Å². The molecule has 2 rings (SSSR count). The second-order valence-corrected chi connectivity index (χ2v) is 5.13. The van der Waals surface area contributed by atoms with Crippen LogP contribution in [0.2, 0.25) is 0 Å². The SMILES string of the molecule is CC(C)(C)c1ccc(C(=O)c2ccco2)cc1.Cl. The molecule has 1 heterocycles. The maximum absolute atomic E-state index is 12.0. The van der Waals surface area contributed by atoms with Crippen LogP contribution in [0.1, 0.15) is 42.5 Å². The molecule has 0 amide bonds. The summed E-state index contributed by atoms with van der Waals surface area (Å²) in [5.74, 6) is 0.309. The van der Waals surface area contributed by atoms with Crippen LogP contribution in [0.5, 0.6) is 0 Å². The van der Waals surface area contributed by atoms with Crippen LogP contribution in [0.25, 0.3) is 0 Å². The lowest BCUT2D eigenvalue weighted by molar-refractivity contribution is 0.101. The second-order valence-electron chi connectivity index (χ2n) is 5.13. The Labute approximate surface area is 113 Å². The van der Waals surface area contributed by atoms with Crippen LogP contribution in [-0.2, 0) is 5.41 Å². The van der Waals surface area contributed by atoms with Gasteiger partial charge in [0.15, 0.2) is 5.76 Å². The highest BCUT2D eigenvalue weighted by molar-refractivity contribution is 6.07. The molecule has 0 fully saturated rings. The molecule has 3 heteroatoms. The smallest absolute Gasteiger partial charge is 0.228 e. The van der Waals surface area contributed by atoms with E-state index in [0.717, 1.165) is 0 Å². The van der Waals surface area contributed by atoms with Gasteiger partial charge in [0.2, 0.25) is 5.78 Å². The lowest BCUT2D eigenvalue weighted by Gasteiger charge is -2.18. The van der Waals surface area contributed by atoms with Gasteiger partial charge in [-0.15, -0.1) is 12.4 Å². The van der Waals surface area contributed by atoms with Crippen molar-refractivity contribution < 1.29 is 9.21 Å². The Balaban J connectivity index is 0.00000162. The van der Waals surface area contributed by atoms with E-state index in [1.54, 1.807) is 12.1 Å². The first-order chi connectivity index (χ1) is 7.98. The third-order valence-corrected chi connectivity index (χ3v) is 2.76. The van der Waals surface area contributed by atoms with Crippen molar-refractivity contribution in [1.82, 2.24) is 0 Å². The number of rotatable bonds is 2. The Bertz CT molecular complexity index is 504. The summed E-state index contributed by atoms with van der Waals surface area (Å²) >= 11 is 0. The number of furan rings is 1. The summed E-state index contributed by atoms with van der Waals surface area (Å²) in [6, 6.07) is 11.1. The van der Waals surface area contributed by atoms with Crippen molar-refractivity contribution in [2.45, 2.75) is 26.2 Å². The molecule has 0 atom stereocenters. The Kier molecular flexibility index (Phi) is 4.36. The molecule has 0 unspecified atom stereocenters. The Morgan fingerprint density at radius 2 is 1.67 bits per heavy atom. The molecular formula is C15H17ClO2. The summed E-state index contributed by atoms with van der Waals surface area (Å²) in [4.78, 5) is 12.0. The number of hydrogen-bond donors (Lipinski definition) is 0. The van der Waals surface area contributed by atoms with Crippen molar-refractivity contribution in [2.75, 3.05) is 0 Å². The molecule has 18 heavy (non-hydrogen) atoms. The van der Waals surface area contributed by atoms with E-state index in [0.29, 0.717) is 11.3 Å². The van der Waals surface area contributed by atoms with Crippen molar-refractivity contribution in [3.05, 3.63) is 59.5 Å². The highest BCUT2D eigenvalue weighted by atomic mass is 35.5. The van der Waals surface area contributed by atoms with Gasteiger partial charge in [-0.2, -0.15) is 0 Å². The molecule has 96 valence electrons. The summed E-state index contributed by atoms with van der Waals surface area (Å²) in [6.07, 6.45) is 1.51. The van der Waals surface area contributed by atoms with Crippen LogP contribution < -0.4 is 0 Å².